The smallest absolute Gasteiger partial charge is 0.157 e. The van der Waals surface area contributed by atoms with E-state index in [1.54, 1.807) is 12.5 Å². The number of fused-ring (bicyclic) bond motifs is 3. The molecule has 6 heteroatoms. The van der Waals surface area contributed by atoms with Crippen LogP contribution in [-0.4, -0.2) is 14.4 Å². The van der Waals surface area contributed by atoms with Crippen molar-refractivity contribution in [1.82, 2.24) is 14.4 Å². The Morgan fingerprint density at radius 1 is 1.17 bits per heavy atom. The molecule has 114 valence electrons. The molecule has 2 aromatic carbocycles. The molecular formula is C17H12BrClN4. The SMILES string of the molecule is Cc1cc(Br)cc(Cl)c1Nc1nc2ccccc2n2cncc12. The minimum atomic E-state index is 0.643. The monoisotopic (exact) mass is 386 g/mol. The van der Waals surface area contributed by atoms with Crippen LogP contribution in [0.25, 0.3) is 16.6 Å². The molecular weight excluding hydrogens is 376 g/mol. The van der Waals surface area contributed by atoms with Gasteiger partial charge in [-0.05, 0) is 36.8 Å². The van der Waals surface area contributed by atoms with Crippen molar-refractivity contribution in [2.24, 2.45) is 0 Å². The molecule has 2 heterocycles. The highest BCUT2D eigenvalue weighted by molar-refractivity contribution is 9.10. The molecule has 0 aliphatic carbocycles. The van der Waals surface area contributed by atoms with E-state index in [-0.39, 0.29) is 0 Å². The van der Waals surface area contributed by atoms with Crippen LogP contribution in [0.4, 0.5) is 11.5 Å². The summed E-state index contributed by atoms with van der Waals surface area (Å²) in [5.41, 5.74) is 4.70. The van der Waals surface area contributed by atoms with Gasteiger partial charge < -0.3 is 5.32 Å². The number of benzene rings is 2. The first kappa shape index (κ1) is 14.5. The van der Waals surface area contributed by atoms with E-state index in [2.05, 4.69) is 26.2 Å². The van der Waals surface area contributed by atoms with Crippen molar-refractivity contribution < 1.29 is 0 Å². The maximum absolute atomic E-state index is 6.39. The number of para-hydroxylation sites is 2. The van der Waals surface area contributed by atoms with Gasteiger partial charge in [0.1, 0.15) is 5.52 Å². The Balaban J connectivity index is 1.93. The minimum absolute atomic E-state index is 0.643. The van der Waals surface area contributed by atoms with Gasteiger partial charge in [-0.2, -0.15) is 0 Å². The minimum Gasteiger partial charge on any atom is -0.337 e. The second-order valence-corrected chi connectivity index (χ2v) is 6.63. The van der Waals surface area contributed by atoms with Crippen LogP contribution >= 0.6 is 27.5 Å². The Bertz CT molecular complexity index is 1020. The first-order chi connectivity index (χ1) is 11.1. The third-order valence-electron chi connectivity index (χ3n) is 3.75. The molecule has 0 aliphatic heterocycles. The van der Waals surface area contributed by atoms with Crippen molar-refractivity contribution in [3.8, 4) is 0 Å². The second-order valence-electron chi connectivity index (χ2n) is 5.30. The fraction of sp³-hybridized carbons (Fsp3) is 0.0588. The number of imidazole rings is 1. The van der Waals surface area contributed by atoms with Crippen LogP contribution in [0, 0.1) is 6.92 Å². The highest BCUT2D eigenvalue weighted by Crippen LogP contribution is 2.33. The van der Waals surface area contributed by atoms with Crippen LogP contribution in [0.3, 0.4) is 0 Å². The molecule has 0 fully saturated rings. The van der Waals surface area contributed by atoms with Crippen molar-refractivity contribution in [3.05, 3.63) is 64.0 Å². The van der Waals surface area contributed by atoms with Gasteiger partial charge in [0.25, 0.3) is 0 Å². The predicted molar refractivity (Wildman–Crippen MR) is 97.7 cm³/mol. The van der Waals surface area contributed by atoms with Crippen molar-refractivity contribution in [1.29, 1.82) is 0 Å². The average Bonchev–Trinajstić information content (AvgIpc) is 3.00. The molecule has 0 spiro atoms. The zero-order valence-electron chi connectivity index (χ0n) is 12.2. The highest BCUT2D eigenvalue weighted by Gasteiger charge is 2.12. The van der Waals surface area contributed by atoms with Gasteiger partial charge in [-0.15, -0.1) is 0 Å². The summed E-state index contributed by atoms with van der Waals surface area (Å²) >= 11 is 9.84. The normalized spacial score (nSPS) is 11.3. The van der Waals surface area contributed by atoms with E-state index in [0.29, 0.717) is 5.02 Å². The lowest BCUT2D eigenvalue weighted by Gasteiger charge is -2.13. The molecule has 0 bridgehead atoms. The first-order valence-corrected chi connectivity index (χ1v) is 8.24. The molecule has 0 amide bonds. The van der Waals surface area contributed by atoms with Gasteiger partial charge in [-0.3, -0.25) is 4.40 Å². The lowest BCUT2D eigenvalue weighted by Crippen LogP contribution is -2.01. The second kappa shape index (κ2) is 5.51. The van der Waals surface area contributed by atoms with Gasteiger partial charge in [-0.1, -0.05) is 39.7 Å². The Morgan fingerprint density at radius 2 is 2.00 bits per heavy atom. The van der Waals surface area contributed by atoms with Crippen molar-refractivity contribution >= 4 is 55.6 Å². The third kappa shape index (κ3) is 2.46. The standard InChI is InChI=1S/C17H12BrClN4/c1-10-6-11(18)7-12(19)16(10)22-17-15-8-20-9-23(15)14-5-3-2-4-13(14)21-17/h2-9H,1H3,(H,21,22). The first-order valence-electron chi connectivity index (χ1n) is 7.07. The summed E-state index contributed by atoms with van der Waals surface area (Å²) in [4.78, 5) is 8.99. The summed E-state index contributed by atoms with van der Waals surface area (Å²) in [5, 5.41) is 4.01. The molecule has 1 N–H and O–H groups in total. The van der Waals surface area contributed by atoms with Gasteiger partial charge in [0, 0.05) is 4.47 Å². The Hall–Kier alpha value is -2.11. The number of anilines is 2. The average molecular weight is 388 g/mol. The third-order valence-corrected chi connectivity index (χ3v) is 4.51. The largest absolute Gasteiger partial charge is 0.337 e. The van der Waals surface area contributed by atoms with Crippen molar-refractivity contribution in [2.75, 3.05) is 5.32 Å². The van der Waals surface area contributed by atoms with Gasteiger partial charge in [0.05, 0.1) is 34.3 Å². The zero-order chi connectivity index (χ0) is 16.0. The molecule has 4 nitrogen and oxygen atoms in total. The van der Waals surface area contributed by atoms with Gasteiger partial charge in [0.15, 0.2) is 5.82 Å². The van der Waals surface area contributed by atoms with Gasteiger partial charge in [-0.25, -0.2) is 9.97 Å². The molecule has 23 heavy (non-hydrogen) atoms. The maximum atomic E-state index is 6.39. The highest BCUT2D eigenvalue weighted by atomic mass is 79.9. The molecule has 4 rings (SSSR count). The van der Waals surface area contributed by atoms with Crippen LogP contribution in [0.1, 0.15) is 5.56 Å². The van der Waals surface area contributed by atoms with Crippen LogP contribution < -0.4 is 5.32 Å². The molecule has 0 saturated heterocycles. The fourth-order valence-corrected chi connectivity index (χ4v) is 3.69. The zero-order valence-corrected chi connectivity index (χ0v) is 14.6. The number of rotatable bonds is 2. The van der Waals surface area contributed by atoms with Gasteiger partial charge >= 0.3 is 0 Å². The maximum Gasteiger partial charge on any atom is 0.157 e. The van der Waals surface area contributed by atoms with E-state index in [1.807, 2.05) is 47.7 Å². The lowest BCUT2D eigenvalue weighted by molar-refractivity contribution is 1.19. The van der Waals surface area contributed by atoms with Crippen molar-refractivity contribution in [3.63, 3.8) is 0 Å². The van der Waals surface area contributed by atoms with Crippen LogP contribution in [0.5, 0.6) is 0 Å². The fourth-order valence-electron chi connectivity index (χ4n) is 2.67. The van der Waals surface area contributed by atoms with E-state index in [1.165, 1.54) is 0 Å². The summed E-state index contributed by atoms with van der Waals surface area (Å²) in [6.07, 6.45) is 3.59. The predicted octanol–water partition coefficient (Wildman–Crippen LogP) is 5.35. The molecule has 0 aliphatic rings. The Labute approximate surface area is 146 Å². The summed E-state index contributed by atoms with van der Waals surface area (Å²) in [5.74, 6) is 0.730. The molecule has 4 aromatic rings. The van der Waals surface area contributed by atoms with E-state index in [9.17, 15) is 0 Å². The number of aryl methyl sites for hydroxylation is 1. The van der Waals surface area contributed by atoms with E-state index in [0.717, 1.165) is 38.1 Å². The number of hydrogen-bond donors (Lipinski definition) is 1. The van der Waals surface area contributed by atoms with Crippen LogP contribution in [-0.2, 0) is 0 Å². The Kier molecular flexibility index (Phi) is 3.47. The van der Waals surface area contributed by atoms with Crippen molar-refractivity contribution in [2.45, 2.75) is 6.92 Å². The van der Waals surface area contributed by atoms with E-state index < -0.39 is 0 Å². The molecule has 0 saturated carbocycles. The summed E-state index contributed by atoms with van der Waals surface area (Å²) < 4.78 is 2.97. The van der Waals surface area contributed by atoms with E-state index in [4.69, 9.17) is 16.6 Å². The summed E-state index contributed by atoms with van der Waals surface area (Å²) in [6, 6.07) is 11.9. The Morgan fingerprint density at radius 3 is 2.83 bits per heavy atom. The summed E-state index contributed by atoms with van der Waals surface area (Å²) in [6.45, 7) is 2.01. The number of halogens is 2. The molecule has 0 radical (unpaired) electrons. The number of nitrogens with one attached hydrogen (secondary N) is 1. The summed E-state index contributed by atoms with van der Waals surface area (Å²) in [7, 11) is 0. The number of hydrogen-bond acceptors (Lipinski definition) is 3. The number of aromatic nitrogens is 3. The lowest BCUT2D eigenvalue weighted by atomic mass is 10.2. The van der Waals surface area contributed by atoms with E-state index >= 15 is 0 Å². The van der Waals surface area contributed by atoms with Crippen LogP contribution in [0.2, 0.25) is 5.02 Å². The number of nitrogens with zero attached hydrogens (tertiary/aromatic N) is 3. The molecule has 2 aromatic heterocycles. The molecule has 0 atom stereocenters. The van der Waals surface area contributed by atoms with Gasteiger partial charge in [0.2, 0.25) is 0 Å². The quantitative estimate of drug-likeness (QED) is 0.504. The topological polar surface area (TPSA) is 42.2 Å². The van der Waals surface area contributed by atoms with Crippen LogP contribution in [0.15, 0.2) is 53.4 Å². The molecule has 0 unspecified atom stereocenters.